The molecule has 7 heteroatoms. The highest BCUT2D eigenvalue weighted by Crippen LogP contribution is 2.18. The molecule has 0 aliphatic rings. The average molecular weight is 421 g/mol. The molecule has 2 rings (SSSR count). The third-order valence-electron chi connectivity index (χ3n) is 3.30. The third-order valence-corrected chi connectivity index (χ3v) is 3.79. The molecule has 0 saturated heterocycles. The lowest BCUT2D eigenvalue weighted by atomic mass is 10.1. The zero-order chi connectivity index (χ0) is 18.9. The molecule has 26 heavy (non-hydrogen) atoms. The van der Waals surface area contributed by atoms with Crippen LogP contribution >= 0.6 is 15.9 Å². The van der Waals surface area contributed by atoms with Crippen LogP contribution in [0.3, 0.4) is 0 Å². The molecule has 0 saturated carbocycles. The molecule has 0 fully saturated rings. The molecule has 6 nitrogen and oxygen atoms in total. The van der Waals surface area contributed by atoms with Gasteiger partial charge in [0.05, 0.1) is 13.0 Å². The van der Waals surface area contributed by atoms with Crippen LogP contribution in [0.5, 0.6) is 11.5 Å². The van der Waals surface area contributed by atoms with Crippen LogP contribution in [0.25, 0.3) is 0 Å². The lowest BCUT2D eigenvalue weighted by Gasteiger charge is -2.10. The maximum absolute atomic E-state index is 11.7. The van der Waals surface area contributed by atoms with E-state index in [0.717, 1.165) is 15.6 Å². The smallest absolute Gasteiger partial charge is 0.276 e. The second-order valence-corrected chi connectivity index (χ2v) is 6.68. The number of ether oxygens (including phenoxy) is 2. The summed E-state index contributed by atoms with van der Waals surface area (Å²) in [6, 6.07) is 13.0. The Labute approximate surface area is 161 Å². The van der Waals surface area contributed by atoms with E-state index >= 15 is 0 Å². The molecule has 0 heterocycles. The van der Waals surface area contributed by atoms with Gasteiger partial charge in [-0.2, -0.15) is 0 Å². The van der Waals surface area contributed by atoms with E-state index in [2.05, 4.69) is 26.8 Å². The van der Waals surface area contributed by atoms with Crippen molar-refractivity contribution in [1.29, 1.82) is 0 Å². The molecule has 0 bridgehead atoms. The highest BCUT2D eigenvalue weighted by molar-refractivity contribution is 9.10. The van der Waals surface area contributed by atoms with Gasteiger partial charge in [-0.1, -0.05) is 28.1 Å². The normalized spacial score (nSPS) is 10.1. The standard InChI is InChI=1S/C19H21BrN2O4/c1-13-8-14(2)10-17(9-13)26-12-19(24)22-21-18(23)6-7-25-16-5-3-4-15(20)11-16/h3-5,8-11H,6-7,12H2,1-2H3,(H,21,23)(H,22,24). The van der Waals surface area contributed by atoms with Crippen molar-refractivity contribution in [1.82, 2.24) is 10.9 Å². The van der Waals surface area contributed by atoms with E-state index in [1.165, 1.54) is 0 Å². The van der Waals surface area contributed by atoms with E-state index in [0.29, 0.717) is 11.5 Å². The highest BCUT2D eigenvalue weighted by atomic mass is 79.9. The van der Waals surface area contributed by atoms with Crippen LogP contribution in [0.2, 0.25) is 0 Å². The Morgan fingerprint density at radius 3 is 2.31 bits per heavy atom. The number of benzene rings is 2. The molecule has 0 unspecified atom stereocenters. The Balaban J connectivity index is 1.64. The summed E-state index contributed by atoms with van der Waals surface area (Å²) in [5.41, 5.74) is 6.75. The van der Waals surface area contributed by atoms with Crippen LogP contribution in [-0.4, -0.2) is 25.0 Å². The number of hydrogen-bond acceptors (Lipinski definition) is 4. The van der Waals surface area contributed by atoms with Gasteiger partial charge in [0.1, 0.15) is 11.5 Å². The van der Waals surface area contributed by atoms with Crippen LogP contribution < -0.4 is 20.3 Å². The largest absolute Gasteiger partial charge is 0.493 e. The predicted molar refractivity (Wildman–Crippen MR) is 102 cm³/mol. The van der Waals surface area contributed by atoms with E-state index in [-0.39, 0.29) is 25.5 Å². The van der Waals surface area contributed by atoms with Gasteiger partial charge in [-0.05, 0) is 55.3 Å². The van der Waals surface area contributed by atoms with Crippen molar-refractivity contribution in [3.63, 3.8) is 0 Å². The lowest BCUT2D eigenvalue weighted by molar-refractivity contribution is -0.130. The van der Waals surface area contributed by atoms with Gasteiger partial charge in [0.2, 0.25) is 5.91 Å². The van der Waals surface area contributed by atoms with Crippen molar-refractivity contribution in [3.05, 3.63) is 58.1 Å². The maximum Gasteiger partial charge on any atom is 0.276 e. The average Bonchev–Trinajstić information content (AvgIpc) is 2.57. The number of halogens is 1. The van der Waals surface area contributed by atoms with Crippen molar-refractivity contribution >= 4 is 27.7 Å². The minimum atomic E-state index is -0.439. The van der Waals surface area contributed by atoms with Crippen molar-refractivity contribution < 1.29 is 19.1 Å². The van der Waals surface area contributed by atoms with Crippen LogP contribution in [0, 0.1) is 13.8 Å². The molecule has 2 amide bonds. The summed E-state index contributed by atoms with van der Waals surface area (Å²) in [5.74, 6) is 0.495. The molecule has 0 aliphatic heterocycles. The van der Waals surface area contributed by atoms with Crippen LogP contribution in [-0.2, 0) is 9.59 Å². The van der Waals surface area contributed by atoms with Crippen LogP contribution in [0.15, 0.2) is 46.9 Å². The van der Waals surface area contributed by atoms with Gasteiger partial charge < -0.3 is 9.47 Å². The number of hydrazine groups is 1. The molecule has 0 spiro atoms. The first-order chi connectivity index (χ1) is 12.4. The van der Waals surface area contributed by atoms with E-state index in [1.807, 2.05) is 50.2 Å². The molecule has 2 N–H and O–H groups in total. The number of aryl methyl sites for hydroxylation is 2. The summed E-state index contributed by atoms with van der Waals surface area (Å²) in [5, 5.41) is 0. The van der Waals surface area contributed by atoms with Gasteiger partial charge in [-0.25, -0.2) is 0 Å². The minimum Gasteiger partial charge on any atom is -0.493 e. The van der Waals surface area contributed by atoms with Crippen molar-refractivity contribution in [2.24, 2.45) is 0 Å². The minimum absolute atomic E-state index is 0.116. The third kappa shape index (κ3) is 7.14. The summed E-state index contributed by atoms with van der Waals surface area (Å²) >= 11 is 3.34. The maximum atomic E-state index is 11.7. The van der Waals surface area contributed by atoms with Crippen molar-refractivity contribution in [2.45, 2.75) is 20.3 Å². The zero-order valence-electron chi connectivity index (χ0n) is 14.7. The fraction of sp³-hybridized carbons (Fsp3) is 0.263. The summed E-state index contributed by atoms with van der Waals surface area (Å²) in [6.07, 6.45) is 0.116. The first-order valence-electron chi connectivity index (χ1n) is 8.09. The summed E-state index contributed by atoms with van der Waals surface area (Å²) in [6.45, 7) is 3.93. The zero-order valence-corrected chi connectivity index (χ0v) is 16.3. The molecule has 2 aromatic carbocycles. The van der Waals surface area contributed by atoms with Gasteiger partial charge in [-0.15, -0.1) is 0 Å². The summed E-state index contributed by atoms with van der Waals surface area (Å²) in [4.78, 5) is 23.4. The van der Waals surface area contributed by atoms with Crippen molar-refractivity contribution in [3.8, 4) is 11.5 Å². The van der Waals surface area contributed by atoms with Gasteiger partial charge in [0, 0.05) is 4.47 Å². The van der Waals surface area contributed by atoms with E-state index < -0.39 is 5.91 Å². The van der Waals surface area contributed by atoms with Gasteiger partial charge in [0.25, 0.3) is 5.91 Å². The Morgan fingerprint density at radius 2 is 1.62 bits per heavy atom. The number of hydrogen-bond donors (Lipinski definition) is 2. The quantitative estimate of drug-likeness (QED) is 0.674. The fourth-order valence-corrected chi connectivity index (χ4v) is 2.60. The monoisotopic (exact) mass is 420 g/mol. The first-order valence-corrected chi connectivity index (χ1v) is 8.89. The molecule has 0 atom stereocenters. The number of carbonyl (C=O) groups is 2. The Hall–Kier alpha value is -2.54. The van der Waals surface area contributed by atoms with Gasteiger partial charge in [-0.3, -0.25) is 20.4 Å². The SMILES string of the molecule is Cc1cc(C)cc(OCC(=O)NNC(=O)CCOc2cccc(Br)c2)c1. The van der Waals surface area contributed by atoms with Gasteiger partial charge in [0.15, 0.2) is 6.61 Å². The van der Waals surface area contributed by atoms with Crippen molar-refractivity contribution in [2.75, 3.05) is 13.2 Å². The molecular weight excluding hydrogens is 400 g/mol. The topological polar surface area (TPSA) is 76.7 Å². The first kappa shape index (κ1) is 19.8. The Bertz CT molecular complexity index is 760. The second-order valence-electron chi connectivity index (χ2n) is 5.76. The second kappa shape index (κ2) is 9.82. The van der Waals surface area contributed by atoms with E-state index in [4.69, 9.17) is 9.47 Å². The number of nitrogens with one attached hydrogen (secondary N) is 2. The van der Waals surface area contributed by atoms with Crippen LogP contribution in [0.1, 0.15) is 17.5 Å². The summed E-state index contributed by atoms with van der Waals surface area (Å²) in [7, 11) is 0. The predicted octanol–water partition coefficient (Wildman–Crippen LogP) is 3.06. The Kier molecular flexibility index (Phi) is 7.47. The van der Waals surface area contributed by atoms with Gasteiger partial charge >= 0.3 is 0 Å². The Morgan fingerprint density at radius 1 is 0.923 bits per heavy atom. The van der Waals surface area contributed by atoms with Crippen LogP contribution in [0.4, 0.5) is 0 Å². The summed E-state index contributed by atoms with van der Waals surface area (Å²) < 4.78 is 11.8. The molecular formula is C19H21BrN2O4. The molecule has 2 aromatic rings. The number of amides is 2. The van der Waals surface area contributed by atoms with E-state index in [1.54, 1.807) is 6.07 Å². The highest BCUT2D eigenvalue weighted by Gasteiger charge is 2.07. The molecule has 0 radical (unpaired) electrons. The lowest BCUT2D eigenvalue weighted by Crippen LogP contribution is -2.44. The molecule has 0 aliphatic carbocycles. The molecule has 138 valence electrons. The number of carbonyl (C=O) groups excluding carboxylic acids is 2. The number of rotatable bonds is 7. The van der Waals surface area contributed by atoms with E-state index in [9.17, 15) is 9.59 Å². The fourth-order valence-electron chi connectivity index (χ4n) is 2.22. The molecule has 0 aromatic heterocycles.